The Kier molecular flexibility index (Phi) is 5.05. The van der Waals surface area contributed by atoms with Gasteiger partial charge in [-0.3, -0.25) is 14.4 Å². The highest BCUT2D eigenvalue weighted by atomic mass is 35.5. The predicted molar refractivity (Wildman–Crippen MR) is 76.3 cm³/mol. The summed E-state index contributed by atoms with van der Waals surface area (Å²) in [5.41, 5.74) is 0.929. The molecule has 0 saturated carbocycles. The van der Waals surface area contributed by atoms with E-state index < -0.39 is 18.4 Å². The Labute approximate surface area is 121 Å². The Bertz CT molecular complexity index is 595. The smallest absolute Gasteiger partial charge is 0.323 e. The van der Waals surface area contributed by atoms with Gasteiger partial charge in [0.15, 0.2) is 5.78 Å². The van der Waals surface area contributed by atoms with Crippen LogP contribution in [0.2, 0.25) is 5.02 Å². The molecule has 0 bridgehead atoms. The fraction of sp³-hybridized carbons (Fsp3) is 0.214. The molecule has 0 heterocycles. The predicted octanol–water partition coefficient (Wildman–Crippen LogP) is 2.54. The highest BCUT2D eigenvalue weighted by Crippen LogP contribution is 2.25. The van der Waals surface area contributed by atoms with Crippen LogP contribution in [-0.2, 0) is 9.59 Å². The number of nitrogens with zero attached hydrogens (tertiary/aromatic N) is 1. The van der Waals surface area contributed by atoms with Gasteiger partial charge in [0.1, 0.15) is 6.54 Å². The van der Waals surface area contributed by atoms with Gasteiger partial charge < -0.3 is 10.0 Å². The van der Waals surface area contributed by atoms with Crippen molar-refractivity contribution in [2.75, 3.05) is 11.4 Å². The highest BCUT2D eigenvalue weighted by molar-refractivity contribution is 6.35. The summed E-state index contributed by atoms with van der Waals surface area (Å²) in [5.74, 6) is -1.87. The van der Waals surface area contributed by atoms with E-state index in [0.29, 0.717) is 11.3 Å². The molecule has 6 heteroatoms. The molecule has 0 unspecified atom stereocenters. The van der Waals surface area contributed by atoms with Gasteiger partial charge in [0.25, 0.3) is 0 Å². The van der Waals surface area contributed by atoms with Crippen LogP contribution in [0.5, 0.6) is 0 Å². The van der Waals surface area contributed by atoms with Crippen LogP contribution >= 0.6 is 11.6 Å². The zero-order valence-corrected chi connectivity index (χ0v) is 11.9. The molecule has 0 aromatic heterocycles. The maximum absolute atomic E-state index is 11.8. The molecule has 5 nitrogen and oxygen atoms in total. The van der Waals surface area contributed by atoms with Gasteiger partial charge in [-0.1, -0.05) is 18.2 Å². The number of allylic oxidation sites excluding steroid dienone is 1. The molecular weight excluding hydrogens is 282 g/mol. The van der Waals surface area contributed by atoms with Gasteiger partial charge in [-0.2, -0.15) is 0 Å². The molecule has 0 aliphatic carbocycles. The number of carbonyl (C=O) groups is 3. The second-order valence-electron chi connectivity index (χ2n) is 4.27. The zero-order chi connectivity index (χ0) is 15.4. The minimum atomic E-state index is -1.14. The van der Waals surface area contributed by atoms with Gasteiger partial charge >= 0.3 is 5.97 Å². The highest BCUT2D eigenvalue weighted by Gasteiger charge is 2.18. The fourth-order valence-electron chi connectivity index (χ4n) is 1.61. The van der Waals surface area contributed by atoms with Gasteiger partial charge in [-0.25, -0.2) is 0 Å². The van der Waals surface area contributed by atoms with E-state index in [-0.39, 0.29) is 16.4 Å². The van der Waals surface area contributed by atoms with Crippen molar-refractivity contribution in [2.45, 2.75) is 13.8 Å². The van der Waals surface area contributed by atoms with Crippen LogP contribution in [0.1, 0.15) is 24.2 Å². The third-order valence-corrected chi connectivity index (χ3v) is 2.88. The third-order valence-electron chi connectivity index (χ3n) is 2.57. The number of hydrogen-bond acceptors (Lipinski definition) is 3. The first-order valence-corrected chi connectivity index (χ1v) is 6.11. The Hall–Kier alpha value is -2.14. The monoisotopic (exact) mass is 295 g/mol. The largest absolute Gasteiger partial charge is 0.480 e. The summed E-state index contributed by atoms with van der Waals surface area (Å²) < 4.78 is 0. The van der Waals surface area contributed by atoms with E-state index in [4.69, 9.17) is 16.7 Å². The number of hydrogen-bond donors (Lipinski definition) is 1. The molecule has 1 aromatic carbocycles. The lowest BCUT2D eigenvalue weighted by atomic mass is 10.1. The summed E-state index contributed by atoms with van der Waals surface area (Å²) in [6.07, 6.45) is 0. The number of carboxylic acids is 1. The molecule has 1 aromatic rings. The van der Waals surface area contributed by atoms with Crippen molar-refractivity contribution >= 4 is 34.9 Å². The van der Waals surface area contributed by atoms with Crippen LogP contribution in [-0.4, -0.2) is 29.3 Å². The minimum Gasteiger partial charge on any atom is -0.480 e. The summed E-state index contributed by atoms with van der Waals surface area (Å²) in [5, 5.41) is 8.93. The first-order chi connectivity index (χ1) is 9.23. The second kappa shape index (κ2) is 6.34. The Balaban J connectivity index is 3.18. The first kappa shape index (κ1) is 15.9. The third kappa shape index (κ3) is 3.68. The number of ketones is 1. The molecule has 0 aliphatic heterocycles. The number of anilines is 1. The molecule has 0 fully saturated rings. The van der Waals surface area contributed by atoms with Crippen LogP contribution in [0.25, 0.3) is 0 Å². The summed E-state index contributed by atoms with van der Waals surface area (Å²) in [6.45, 7) is 5.90. The van der Waals surface area contributed by atoms with E-state index in [1.54, 1.807) is 6.92 Å². The van der Waals surface area contributed by atoms with Crippen LogP contribution in [0, 0.1) is 0 Å². The summed E-state index contributed by atoms with van der Waals surface area (Å²) in [6, 6.07) is 4.32. The van der Waals surface area contributed by atoms with E-state index >= 15 is 0 Å². The van der Waals surface area contributed by atoms with Crippen LogP contribution in [0.15, 0.2) is 30.4 Å². The van der Waals surface area contributed by atoms with Crippen molar-refractivity contribution in [3.63, 3.8) is 0 Å². The molecule has 0 saturated heterocycles. The van der Waals surface area contributed by atoms with Crippen molar-refractivity contribution < 1.29 is 19.5 Å². The number of halogens is 1. The number of rotatable bonds is 5. The Morgan fingerprint density at radius 1 is 1.30 bits per heavy atom. The molecule has 1 rings (SSSR count). The number of carbonyl (C=O) groups excluding carboxylic acids is 2. The lowest BCUT2D eigenvalue weighted by Crippen LogP contribution is -2.33. The second-order valence-corrected chi connectivity index (χ2v) is 4.68. The molecule has 20 heavy (non-hydrogen) atoms. The molecule has 0 atom stereocenters. The average molecular weight is 296 g/mol. The standard InChI is InChI=1S/C14H14ClNO4/c1-8(2)14(20)11-5-4-10(6-12(11)15)16(9(3)17)7-13(18)19/h4-6H,1,7H2,2-3H3,(H,18,19). The SMILES string of the molecule is C=C(C)C(=O)c1ccc(N(CC(=O)O)C(C)=O)cc1Cl. The summed E-state index contributed by atoms with van der Waals surface area (Å²) in [4.78, 5) is 35.1. The number of amides is 1. The lowest BCUT2D eigenvalue weighted by molar-refractivity contribution is -0.136. The van der Waals surface area contributed by atoms with Gasteiger partial charge in [-0.15, -0.1) is 0 Å². The fourth-order valence-corrected chi connectivity index (χ4v) is 1.87. The number of carboxylic acid groups (broad SMARTS) is 1. The van der Waals surface area contributed by atoms with Gasteiger partial charge in [-0.05, 0) is 30.7 Å². The molecule has 0 radical (unpaired) electrons. The lowest BCUT2D eigenvalue weighted by Gasteiger charge is -2.19. The van der Waals surface area contributed by atoms with E-state index in [2.05, 4.69) is 6.58 Å². The van der Waals surface area contributed by atoms with Crippen LogP contribution in [0.4, 0.5) is 5.69 Å². The quantitative estimate of drug-likeness (QED) is 0.669. The molecule has 0 spiro atoms. The molecular formula is C14H14ClNO4. The number of Topliss-reactive ketones (excluding diaryl/α,β-unsaturated/α-hetero) is 1. The molecule has 106 valence electrons. The van der Waals surface area contributed by atoms with E-state index in [9.17, 15) is 14.4 Å². The van der Waals surface area contributed by atoms with Crippen molar-refractivity contribution in [1.29, 1.82) is 0 Å². The van der Waals surface area contributed by atoms with Crippen molar-refractivity contribution in [2.24, 2.45) is 0 Å². The maximum Gasteiger partial charge on any atom is 0.323 e. The van der Waals surface area contributed by atoms with Crippen molar-refractivity contribution in [1.82, 2.24) is 0 Å². The van der Waals surface area contributed by atoms with Gasteiger partial charge in [0.2, 0.25) is 5.91 Å². The van der Waals surface area contributed by atoms with Crippen molar-refractivity contribution in [3.8, 4) is 0 Å². The topological polar surface area (TPSA) is 74.7 Å². The first-order valence-electron chi connectivity index (χ1n) is 5.73. The zero-order valence-electron chi connectivity index (χ0n) is 11.1. The van der Waals surface area contributed by atoms with Crippen LogP contribution in [0.3, 0.4) is 0 Å². The van der Waals surface area contributed by atoms with Gasteiger partial charge in [0, 0.05) is 18.2 Å². The van der Waals surface area contributed by atoms with Crippen molar-refractivity contribution in [3.05, 3.63) is 40.9 Å². The van der Waals surface area contributed by atoms with E-state index in [1.165, 1.54) is 25.1 Å². The summed E-state index contributed by atoms with van der Waals surface area (Å²) in [7, 11) is 0. The Morgan fingerprint density at radius 2 is 1.90 bits per heavy atom. The maximum atomic E-state index is 11.8. The van der Waals surface area contributed by atoms with Gasteiger partial charge in [0.05, 0.1) is 5.02 Å². The van der Waals surface area contributed by atoms with E-state index in [1.807, 2.05) is 0 Å². The van der Waals surface area contributed by atoms with Crippen LogP contribution < -0.4 is 4.90 Å². The average Bonchev–Trinajstić information content (AvgIpc) is 2.34. The minimum absolute atomic E-state index is 0.145. The Morgan fingerprint density at radius 3 is 2.30 bits per heavy atom. The molecule has 0 aliphatic rings. The van der Waals surface area contributed by atoms with E-state index in [0.717, 1.165) is 4.90 Å². The molecule has 1 amide bonds. The number of aliphatic carboxylic acids is 1. The normalized spacial score (nSPS) is 9.95. The number of benzene rings is 1. The molecule has 1 N–H and O–H groups in total. The summed E-state index contributed by atoms with van der Waals surface area (Å²) >= 11 is 6.01.